The summed E-state index contributed by atoms with van der Waals surface area (Å²) >= 11 is 5.61. The summed E-state index contributed by atoms with van der Waals surface area (Å²) in [7, 11) is 0. The molecule has 18 heavy (non-hydrogen) atoms. The van der Waals surface area contributed by atoms with Crippen LogP contribution in [0.15, 0.2) is 12.1 Å². The number of rotatable bonds is 8. The van der Waals surface area contributed by atoms with Gasteiger partial charge >= 0.3 is 0 Å². The second-order valence-electron chi connectivity index (χ2n) is 4.42. The molecule has 0 unspecified atom stereocenters. The molecule has 0 aromatic heterocycles. The number of benzene rings is 1. The van der Waals surface area contributed by atoms with Crippen molar-refractivity contribution in [1.82, 2.24) is 0 Å². The lowest BCUT2D eigenvalue weighted by molar-refractivity contribution is 0.304. The monoisotopic (exact) mass is 273 g/mol. The van der Waals surface area contributed by atoms with Crippen molar-refractivity contribution in [3.05, 3.63) is 23.0 Å². The van der Waals surface area contributed by atoms with Crippen LogP contribution in [0.3, 0.4) is 0 Å². The third kappa shape index (κ3) is 5.13. The average molecular weight is 274 g/mol. The minimum Gasteiger partial charge on any atom is -0.491 e. The van der Waals surface area contributed by atoms with E-state index in [2.05, 4.69) is 6.92 Å². The summed E-state index contributed by atoms with van der Waals surface area (Å²) in [4.78, 5) is 0. The lowest BCUT2D eigenvalue weighted by atomic mass is 10.1. The number of ether oxygens (including phenoxy) is 1. The predicted octanol–water partition coefficient (Wildman–Crippen LogP) is 4.80. The van der Waals surface area contributed by atoms with Gasteiger partial charge in [-0.25, -0.2) is 4.39 Å². The number of nitrogen functional groups attached to an aromatic ring is 1. The molecule has 0 radical (unpaired) electrons. The fourth-order valence-corrected chi connectivity index (χ4v) is 1.91. The summed E-state index contributed by atoms with van der Waals surface area (Å²) in [6, 6.07) is 2.63. The maximum absolute atomic E-state index is 13.2. The van der Waals surface area contributed by atoms with Crippen molar-refractivity contribution < 1.29 is 9.13 Å². The van der Waals surface area contributed by atoms with Gasteiger partial charge in [0.2, 0.25) is 0 Å². The van der Waals surface area contributed by atoms with Crippen molar-refractivity contribution in [2.75, 3.05) is 12.3 Å². The smallest absolute Gasteiger partial charge is 0.145 e. The first kappa shape index (κ1) is 15.1. The molecule has 0 bridgehead atoms. The Morgan fingerprint density at radius 1 is 1.17 bits per heavy atom. The van der Waals surface area contributed by atoms with Gasteiger partial charge in [-0.15, -0.1) is 0 Å². The van der Waals surface area contributed by atoms with E-state index in [0.717, 1.165) is 12.8 Å². The maximum Gasteiger partial charge on any atom is 0.145 e. The van der Waals surface area contributed by atoms with Gasteiger partial charge in [-0.1, -0.05) is 50.6 Å². The van der Waals surface area contributed by atoms with Crippen LogP contribution in [-0.4, -0.2) is 6.61 Å². The van der Waals surface area contributed by atoms with E-state index < -0.39 is 5.82 Å². The lowest BCUT2D eigenvalue weighted by Gasteiger charge is -2.09. The Hall–Kier alpha value is -0.960. The highest BCUT2D eigenvalue weighted by Crippen LogP contribution is 2.28. The van der Waals surface area contributed by atoms with Crippen molar-refractivity contribution in [3.8, 4) is 5.75 Å². The van der Waals surface area contributed by atoms with Crippen molar-refractivity contribution in [1.29, 1.82) is 0 Å². The van der Waals surface area contributed by atoms with Gasteiger partial charge in [0.05, 0.1) is 17.3 Å². The molecule has 0 saturated heterocycles. The molecule has 1 rings (SSSR count). The van der Waals surface area contributed by atoms with Crippen molar-refractivity contribution in [2.45, 2.75) is 45.4 Å². The summed E-state index contributed by atoms with van der Waals surface area (Å²) < 4.78 is 18.7. The fraction of sp³-hybridized carbons (Fsp3) is 0.571. The zero-order chi connectivity index (χ0) is 13.4. The second kappa shape index (κ2) is 8.20. The fourth-order valence-electron chi connectivity index (χ4n) is 1.73. The Morgan fingerprint density at radius 2 is 1.83 bits per heavy atom. The average Bonchev–Trinajstić information content (AvgIpc) is 2.34. The molecule has 0 saturated carbocycles. The quantitative estimate of drug-likeness (QED) is 0.545. The third-order valence-corrected chi connectivity index (χ3v) is 3.10. The summed E-state index contributed by atoms with van der Waals surface area (Å²) in [6.45, 7) is 2.76. The number of hydrogen-bond donors (Lipinski definition) is 1. The molecule has 0 aliphatic heterocycles. The van der Waals surface area contributed by atoms with Gasteiger partial charge in [0, 0.05) is 6.07 Å². The molecular weight excluding hydrogens is 253 g/mol. The van der Waals surface area contributed by atoms with Crippen LogP contribution in [0.4, 0.5) is 10.1 Å². The standard InChI is InChI=1S/C14H21ClFNO/c1-2-3-4-5-6-7-8-18-14-10-12(16)11(15)9-13(14)17/h9-10H,2-8,17H2,1H3. The van der Waals surface area contributed by atoms with Crippen LogP contribution < -0.4 is 10.5 Å². The molecule has 1 aromatic rings. The number of unbranched alkanes of at least 4 members (excludes halogenated alkanes) is 5. The summed E-state index contributed by atoms with van der Waals surface area (Å²) in [5.74, 6) is -0.116. The number of halogens is 2. The zero-order valence-corrected chi connectivity index (χ0v) is 11.6. The molecule has 2 N–H and O–H groups in total. The molecule has 4 heteroatoms. The van der Waals surface area contributed by atoms with Crippen molar-refractivity contribution in [2.24, 2.45) is 0 Å². The zero-order valence-electron chi connectivity index (χ0n) is 10.8. The predicted molar refractivity (Wildman–Crippen MR) is 74.7 cm³/mol. The highest BCUT2D eigenvalue weighted by Gasteiger charge is 2.07. The van der Waals surface area contributed by atoms with Crippen LogP contribution in [-0.2, 0) is 0 Å². The normalized spacial score (nSPS) is 10.6. The van der Waals surface area contributed by atoms with Gasteiger partial charge in [-0.2, -0.15) is 0 Å². The van der Waals surface area contributed by atoms with Crippen molar-refractivity contribution in [3.63, 3.8) is 0 Å². The summed E-state index contributed by atoms with van der Waals surface area (Å²) in [5.41, 5.74) is 6.08. The van der Waals surface area contributed by atoms with Crippen LogP contribution >= 0.6 is 11.6 Å². The molecule has 0 aliphatic rings. The molecule has 0 amide bonds. The first-order valence-corrected chi connectivity index (χ1v) is 6.90. The summed E-state index contributed by atoms with van der Waals surface area (Å²) in [6.07, 6.45) is 7.13. The Balaban J connectivity index is 2.25. The van der Waals surface area contributed by atoms with Crippen LogP contribution in [0.25, 0.3) is 0 Å². The topological polar surface area (TPSA) is 35.2 Å². The Bertz CT molecular complexity index is 371. The van der Waals surface area contributed by atoms with E-state index in [1.54, 1.807) is 0 Å². The molecular formula is C14H21ClFNO. The highest BCUT2D eigenvalue weighted by atomic mass is 35.5. The van der Waals surface area contributed by atoms with Gasteiger partial charge in [0.1, 0.15) is 11.6 Å². The van der Waals surface area contributed by atoms with Gasteiger partial charge < -0.3 is 10.5 Å². The number of anilines is 1. The number of nitrogens with two attached hydrogens (primary N) is 1. The minimum absolute atomic E-state index is 0.0272. The Kier molecular flexibility index (Phi) is 6.88. The van der Waals surface area contributed by atoms with Crippen LogP contribution in [0.5, 0.6) is 5.75 Å². The van der Waals surface area contributed by atoms with Crippen molar-refractivity contribution >= 4 is 17.3 Å². The molecule has 102 valence electrons. The van der Waals surface area contributed by atoms with E-state index in [1.807, 2.05) is 0 Å². The van der Waals surface area contributed by atoms with Gasteiger partial charge in [-0.05, 0) is 12.5 Å². The largest absolute Gasteiger partial charge is 0.491 e. The first-order valence-electron chi connectivity index (χ1n) is 6.52. The summed E-state index contributed by atoms with van der Waals surface area (Å²) in [5, 5.41) is 0.0272. The first-order chi connectivity index (χ1) is 8.65. The van der Waals surface area contributed by atoms with E-state index in [0.29, 0.717) is 18.0 Å². The number of hydrogen-bond acceptors (Lipinski definition) is 2. The van der Waals surface area contributed by atoms with Crippen LogP contribution in [0.2, 0.25) is 5.02 Å². The van der Waals surface area contributed by atoms with Gasteiger partial charge in [0.25, 0.3) is 0 Å². The Labute approximate surface area is 113 Å². The molecule has 1 aromatic carbocycles. The molecule has 0 heterocycles. The Morgan fingerprint density at radius 3 is 2.56 bits per heavy atom. The lowest BCUT2D eigenvalue weighted by Crippen LogP contribution is -2.01. The van der Waals surface area contributed by atoms with E-state index >= 15 is 0 Å². The van der Waals surface area contributed by atoms with E-state index in [4.69, 9.17) is 22.1 Å². The molecule has 0 aliphatic carbocycles. The molecule has 0 fully saturated rings. The van der Waals surface area contributed by atoms with Crippen LogP contribution in [0.1, 0.15) is 45.4 Å². The van der Waals surface area contributed by atoms with Gasteiger partial charge in [0.15, 0.2) is 0 Å². The second-order valence-corrected chi connectivity index (χ2v) is 4.83. The minimum atomic E-state index is -0.496. The molecule has 2 nitrogen and oxygen atoms in total. The molecule has 0 spiro atoms. The maximum atomic E-state index is 13.2. The van der Waals surface area contributed by atoms with Crippen LogP contribution in [0, 0.1) is 5.82 Å². The highest BCUT2D eigenvalue weighted by molar-refractivity contribution is 6.31. The van der Waals surface area contributed by atoms with E-state index in [1.165, 1.54) is 37.8 Å². The van der Waals surface area contributed by atoms with Gasteiger partial charge in [-0.3, -0.25) is 0 Å². The van der Waals surface area contributed by atoms with E-state index in [9.17, 15) is 4.39 Å². The van der Waals surface area contributed by atoms with E-state index in [-0.39, 0.29) is 5.02 Å². The molecule has 0 atom stereocenters. The SMILES string of the molecule is CCCCCCCCOc1cc(F)c(Cl)cc1N. The third-order valence-electron chi connectivity index (χ3n) is 2.81.